The van der Waals surface area contributed by atoms with Crippen LogP contribution in [-0.4, -0.2) is 10.1 Å². The van der Waals surface area contributed by atoms with Crippen LogP contribution < -0.4 is 5.73 Å². The molecule has 0 aromatic heterocycles. The molecular formula is C2H2INO3. The molecule has 0 aliphatic carbocycles. The molecule has 0 aliphatic heterocycles. The summed E-state index contributed by atoms with van der Waals surface area (Å²) in [5.74, 6) is 0. The third-order valence-electron chi connectivity index (χ3n) is 0.181. The summed E-state index contributed by atoms with van der Waals surface area (Å²) < 4.78 is 3.02. The average Bonchev–Trinajstić information content (AvgIpc) is 1.27. The molecule has 0 fully saturated rings. The number of ether oxygens (including phenoxy) is 1. The first-order chi connectivity index (χ1) is 3.13. The first kappa shape index (κ1) is 6.67. The van der Waals surface area contributed by atoms with Crippen LogP contribution in [0.3, 0.4) is 0 Å². The Morgan fingerprint density at radius 2 is 2.00 bits per heavy atom. The molecule has 0 saturated heterocycles. The number of amides is 1. The Balaban J connectivity index is 3.32. The Hall–Kier alpha value is -0.330. The highest BCUT2D eigenvalue weighted by molar-refractivity contribution is 14.1. The van der Waals surface area contributed by atoms with Crippen molar-refractivity contribution >= 4 is 32.7 Å². The standard InChI is InChI=1S/C2H2INO3/c3-1(5)7-2(4)6/h(H2,4,6). The van der Waals surface area contributed by atoms with Crippen molar-refractivity contribution in [2.75, 3.05) is 0 Å². The van der Waals surface area contributed by atoms with Gasteiger partial charge in [-0.15, -0.1) is 0 Å². The molecule has 0 heterocycles. The molecule has 0 aliphatic rings. The number of carbonyl (C=O) groups is 2. The largest absolute Gasteiger partial charge is 0.412 e. The van der Waals surface area contributed by atoms with Crippen LogP contribution in [0.2, 0.25) is 0 Å². The van der Waals surface area contributed by atoms with E-state index in [1.807, 2.05) is 0 Å². The summed E-state index contributed by atoms with van der Waals surface area (Å²) in [4.78, 5) is 19.3. The number of hydrogen-bond donors (Lipinski definition) is 1. The van der Waals surface area contributed by atoms with Crippen molar-refractivity contribution in [1.82, 2.24) is 0 Å². The van der Waals surface area contributed by atoms with Crippen molar-refractivity contribution in [3.05, 3.63) is 0 Å². The second kappa shape index (κ2) is 2.78. The van der Waals surface area contributed by atoms with E-state index in [0.29, 0.717) is 0 Å². The fourth-order valence-corrected chi connectivity index (χ4v) is 0.296. The lowest BCUT2D eigenvalue weighted by Gasteiger charge is -1.85. The molecule has 4 nitrogen and oxygen atoms in total. The van der Waals surface area contributed by atoms with Crippen molar-refractivity contribution in [3.8, 4) is 0 Å². The lowest BCUT2D eigenvalue weighted by Crippen LogP contribution is -2.13. The SMILES string of the molecule is NC(=O)OC(=O)I. The average molecular weight is 215 g/mol. The molecule has 7 heavy (non-hydrogen) atoms. The van der Waals surface area contributed by atoms with Gasteiger partial charge >= 0.3 is 10.1 Å². The second-order valence-corrected chi connectivity index (χ2v) is 1.54. The van der Waals surface area contributed by atoms with Crippen LogP contribution in [0.5, 0.6) is 0 Å². The molecule has 0 bridgehead atoms. The minimum atomic E-state index is -1.07. The zero-order chi connectivity index (χ0) is 5.86. The molecule has 0 atom stereocenters. The fourth-order valence-electron chi connectivity index (χ4n) is 0.0791. The number of primary amides is 1. The highest BCUT2D eigenvalue weighted by atomic mass is 127. The third-order valence-corrected chi connectivity index (χ3v) is 0.401. The molecule has 0 rings (SSSR count). The first-order valence-electron chi connectivity index (χ1n) is 1.29. The van der Waals surface area contributed by atoms with E-state index >= 15 is 0 Å². The molecule has 1 amide bonds. The van der Waals surface area contributed by atoms with Crippen LogP contribution in [0.4, 0.5) is 9.59 Å². The van der Waals surface area contributed by atoms with Gasteiger partial charge in [-0.2, -0.15) is 0 Å². The maximum atomic E-state index is 9.72. The number of hydrogen-bond acceptors (Lipinski definition) is 3. The summed E-state index contributed by atoms with van der Waals surface area (Å²) in [5.41, 5.74) is 4.41. The Morgan fingerprint density at radius 1 is 1.57 bits per heavy atom. The van der Waals surface area contributed by atoms with Gasteiger partial charge in [-0.1, -0.05) is 0 Å². The van der Waals surface area contributed by atoms with E-state index in [2.05, 4.69) is 10.5 Å². The van der Waals surface area contributed by atoms with Crippen LogP contribution in [0.15, 0.2) is 0 Å². The smallest absolute Gasteiger partial charge is 0.369 e. The van der Waals surface area contributed by atoms with E-state index in [-0.39, 0.29) is 0 Å². The molecule has 0 aromatic rings. The van der Waals surface area contributed by atoms with E-state index in [4.69, 9.17) is 0 Å². The third kappa shape index (κ3) is 5.67. The van der Waals surface area contributed by atoms with Crippen LogP contribution >= 0.6 is 22.6 Å². The van der Waals surface area contributed by atoms with Crippen molar-refractivity contribution in [3.63, 3.8) is 0 Å². The van der Waals surface area contributed by atoms with Crippen molar-refractivity contribution in [2.24, 2.45) is 5.73 Å². The number of nitrogens with two attached hydrogens (primary N) is 1. The molecule has 5 heteroatoms. The minimum absolute atomic E-state index is 0.717. The molecule has 0 spiro atoms. The zero-order valence-corrected chi connectivity index (χ0v) is 5.34. The van der Waals surface area contributed by atoms with Crippen LogP contribution in [0.1, 0.15) is 0 Å². The summed E-state index contributed by atoms with van der Waals surface area (Å²) in [7, 11) is 0. The van der Waals surface area contributed by atoms with E-state index < -0.39 is 10.1 Å². The van der Waals surface area contributed by atoms with Gasteiger partial charge in [0.2, 0.25) is 0 Å². The monoisotopic (exact) mass is 215 g/mol. The van der Waals surface area contributed by atoms with Crippen LogP contribution in [-0.2, 0) is 4.74 Å². The molecule has 40 valence electrons. The molecule has 0 saturated carbocycles. The molecule has 0 unspecified atom stereocenters. The van der Waals surface area contributed by atoms with Gasteiger partial charge in [-0.3, -0.25) is 0 Å². The van der Waals surface area contributed by atoms with Gasteiger partial charge in [-0.25, -0.2) is 9.59 Å². The Labute approximate surface area is 53.1 Å². The quantitative estimate of drug-likeness (QED) is 0.366. The van der Waals surface area contributed by atoms with Crippen molar-refractivity contribution in [2.45, 2.75) is 0 Å². The lowest BCUT2D eigenvalue weighted by atomic mass is 11.2. The Morgan fingerprint density at radius 3 is 2.00 bits per heavy atom. The molecular weight excluding hydrogens is 213 g/mol. The number of rotatable bonds is 0. The van der Waals surface area contributed by atoms with E-state index in [0.717, 1.165) is 0 Å². The normalized spacial score (nSPS) is 7.57. The molecule has 0 radical (unpaired) electrons. The molecule has 2 N–H and O–H groups in total. The lowest BCUT2D eigenvalue weighted by molar-refractivity contribution is 0.177. The molecule has 0 aromatic carbocycles. The number of carbonyl (C=O) groups excluding carboxylic acids is 2. The summed E-state index contributed by atoms with van der Waals surface area (Å²) in [5, 5.41) is 0. The van der Waals surface area contributed by atoms with Crippen molar-refractivity contribution in [1.29, 1.82) is 0 Å². The second-order valence-electron chi connectivity index (χ2n) is 0.659. The summed E-state index contributed by atoms with van der Waals surface area (Å²) in [6.45, 7) is 0. The van der Waals surface area contributed by atoms with E-state index in [1.54, 1.807) is 0 Å². The van der Waals surface area contributed by atoms with E-state index in [9.17, 15) is 9.59 Å². The van der Waals surface area contributed by atoms with Gasteiger partial charge in [-0.05, 0) is 0 Å². The van der Waals surface area contributed by atoms with Crippen LogP contribution in [0.25, 0.3) is 0 Å². The predicted molar refractivity (Wildman–Crippen MR) is 30.1 cm³/mol. The fraction of sp³-hybridized carbons (Fsp3) is 0. The van der Waals surface area contributed by atoms with Gasteiger partial charge in [0, 0.05) is 0 Å². The van der Waals surface area contributed by atoms with Crippen molar-refractivity contribution < 1.29 is 14.3 Å². The van der Waals surface area contributed by atoms with Gasteiger partial charge in [0.25, 0.3) is 0 Å². The Bertz CT molecular complexity index is 89.1. The van der Waals surface area contributed by atoms with Gasteiger partial charge < -0.3 is 10.5 Å². The maximum absolute atomic E-state index is 9.72. The van der Waals surface area contributed by atoms with Crippen LogP contribution in [0, 0.1) is 0 Å². The summed E-state index contributed by atoms with van der Waals surface area (Å²) in [6.07, 6.45) is -1.07. The zero-order valence-electron chi connectivity index (χ0n) is 3.18. The summed E-state index contributed by atoms with van der Waals surface area (Å²) >= 11 is 1.30. The minimum Gasteiger partial charge on any atom is -0.369 e. The summed E-state index contributed by atoms with van der Waals surface area (Å²) in [6, 6.07) is 0. The topological polar surface area (TPSA) is 69.4 Å². The Kier molecular flexibility index (Phi) is 2.65. The first-order valence-corrected chi connectivity index (χ1v) is 2.37. The van der Waals surface area contributed by atoms with Gasteiger partial charge in [0.05, 0.1) is 22.6 Å². The predicted octanol–water partition coefficient (Wildman–Crippen LogP) is 0.637. The number of halogens is 1. The maximum Gasteiger partial charge on any atom is 0.412 e. The van der Waals surface area contributed by atoms with Gasteiger partial charge in [0.1, 0.15) is 0 Å². The van der Waals surface area contributed by atoms with E-state index in [1.165, 1.54) is 22.6 Å². The highest BCUT2D eigenvalue weighted by Gasteiger charge is 1.96. The highest BCUT2D eigenvalue weighted by Crippen LogP contribution is 1.88. The van der Waals surface area contributed by atoms with Gasteiger partial charge in [0.15, 0.2) is 0 Å².